The monoisotopic (exact) mass is 281 g/mol. The Labute approximate surface area is 127 Å². The lowest BCUT2D eigenvalue weighted by Crippen LogP contribution is -2.45. The Bertz CT molecular complexity index is 560. The lowest BCUT2D eigenvalue weighted by molar-refractivity contribution is 0.121. The van der Waals surface area contributed by atoms with Crippen LogP contribution in [0.2, 0.25) is 0 Å². The van der Waals surface area contributed by atoms with Crippen molar-refractivity contribution in [2.45, 2.75) is 20.0 Å². The summed E-state index contributed by atoms with van der Waals surface area (Å²) < 4.78 is 0. The van der Waals surface area contributed by atoms with Crippen molar-refractivity contribution in [3.05, 3.63) is 65.5 Å². The van der Waals surface area contributed by atoms with Gasteiger partial charge in [0.2, 0.25) is 0 Å². The molecule has 0 N–H and O–H groups in total. The third-order valence-electron chi connectivity index (χ3n) is 4.23. The molecular weight excluding hydrogens is 258 g/mol. The van der Waals surface area contributed by atoms with Crippen LogP contribution in [0.25, 0.3) is 0 Å². The zero-order chi connectivity index (χ0) is 14.5. The largest absolute Gasteiger partial charge is 0.297 e. The van der Waals surface area contributed by atoms with Gasteiger partial charge in [0.25, 0.3) is 0 Å². The summed E-state index contributed by atoms with van der Waals surface area (Å²) in [4.78, 5) is 9.47. The van der Waals surface area contributed by atoms with Gasteiger partial charge in [-0.05, 0) is 30.2 Å². The van der Waals surface area contributed by atoms with Crippen LogP contribution in [0.5, 0.6) is 0 Å². The summed E-state index contributed by atoms with van der Waals surface area (Å²) in [6.07, 6.45) is 1.88. The van der Waals surface area contributed by atoms with Crippen LogP contribution >= 0.6 is 0 Å². The van der Waals surface area contributed by atoms with E-state index in [-0.39, 0.29) is 0 Å². The third-order valence-corrected chi connectivity index (χ3v) is 4.23. The van der Waals surface area contributed by atoms with Crippen molar-refractivity contribution < 1.29 is 0 Å². The Morgan fingerprint density at radius 3 is 2.19 bits per heavy atom. The van der Waals surface area contributed by atoms with Gasteiger partial charge in [0.1, 0.15) is 0 Å². The molecule has 0 amide bonds. The van der Waals surface area contributed by atoms with E-state index in [4.69, 9.17) is 0 Å². The lowest BCUT2D eigenvalue weighted by atomic mass is 10.1. The molecule has 3 nitrogen and oxygen atoms in total. The number of hydrogen-bond donors (Lipinski definition) is 0. The van der Waals surface area contributed by atoms with Crippen molar-refractivity contribution in [2.75, 3.05) is 26.2 Å². The number of aryl methyl sites for hydroxylation is 1. The molecular formula is C18H23N3. The molecule has 1 aliphatic rings. The highest BCUT2D eigenvalue weighted by atomic mass is 15.3. The fourth-order valence-corrected chi connectivity index (χ4v) is 2.85. The van der Waals surface area contributed by atoms with E-state index in [1.165, 1.54) is 16.8 Å². The highest BCUT2D eigenvalue weighted by Gasteiger charge is 2.17. The molecule has 0 atom stereocenters. The van der Waals surface area contributed by atoms with Crippen LogP contribution in [0.15, 0.2) is 48.7 Å². The highest BCUT2D eigenvalue weighted by Crippen LogP contribution is 2.13. The molecule has 110 valence electrons. The average Bonchev–Trinajstić information content (AvgIpc) is 2.52. The van der Waals surface area contributed by atoms with Crippen molar-refractivity contribution in [3.8, 4) is 0 Å². The summed E-state index contributed by atoms with van der Waals surface area (Å²) in [6, 6.07) is 14.9. The van der Waals surface area contributed by atoms with Gasteiger partial charge in [0.05, 0.1) is 5.69 Å². The van der Waals surface area contributed by atoms with E-state index in [1.807, 2.05) is 12.3 Å². The molecule has 1 fully saturated rings. The first kappa shape index (κ1) is 14.2. The van der Waals surface area contributed by atoms with Crippen molar-refractivity contribution in [2.24, 2.45) is 0 Å². The number of hydrogen-bond acceptors (Lipinski definition) is 3. The second-order valence-corrected chi connectivity index (χ2v) is 5.80. The first-order chi connectivity index (χ1) is 10.3. The van der Waals surface area contributed by atoms with Crippen molar-refractivity contribution >= 4 is 0 Å². The molecule has 1 saturated heterocycles. The second kappa shape index (κ2) is 6.83. The first-order valence-electron chi connectivity index (χ1n) is 7.70. The van der Waals surface area contributed by atoms with E-state index >= 15 is 0 Å². The van der Waals surface area contributed by atoms with Crippen molar-refractivity contribution in [1.82, 2.24) is 14.8 Å². The summed E-state index contributed by atoms with van der Waals surface area (Å²) in [5.41, 5.74) is 4.02. The van der Waals surface area contributed by atoms with Crippen LogP contribution in [0.4, 0.5) is 0 Å². The standard InChI is InChI=1S/C18H23N3/c1-16-6-2-3-7-17(16)14-20-10-12-21(13-11-20)15-18-8-4-5-9-19-18/h2-9H,10-15H2,1H3. The lowest BCUT2D eigenvalue weighted by Gasteiger charge is -2.34. The Morgan fingerprint density at radius 1 is 0.857 bits per heavy atom. The minimum atomic E-state index is 0.971. The van der Waals surface area contributed by atoms with Crippen LogP contribution < -0.4 is 0 Å². The summed E-state index contributed by atoms with van der Waals surface area (Å²) in [6.45, 7) is 8.78. The summed E-state index contributed by atoms with van der Waals surface area (Å²) >= 11 is 0. The van der Waals surface area contributed by atoms with Crippen LogP contribution in [0.3, 0.4) is 0 Å². The molecule has 1 aromatic carbocycles. The Balaban J connectivity index is 1.50. The molecule has 0 unspecified atom stereocenters. The minimum absolute atomic E-state index is 0.971. The molecule has 0 bridgehead atoms. The molecule has 2 aromatic rings. The fraction of sp³-hybridized carbons (Fsp3) is 0.389. The predicted molar refractivity (Wildman–Crippen MR) is 86.0 cm³/mol. The molecule has 0 aliphatic carbocycles. The van der Waals surface area contributed by atoms with E-state index in [0.717, 1.165) is 39.3 Å². The van der Waals surface area contributed by atoms with Gasteiger partial charge < -0.3 is 0 Å². The number of aromatic nitrogens is 1. The van der Waals surface area contributed by atoms with E-state index in [0.29, 0.717) is 0 Å². The van der Waals surface area contributed by atoms with Gasteiger partial charge in [-0.3, -0.25) is 14.8 Å². The smallest absolute Gasteiger partial charge is 0.0543 e. The topological polar surface area (TPSA) is 19.4 Å². The van der Waals surface area contributed by atoms with Gasteiger partial charge in [-0.2, -0.15) is 0 Å². The van der Waals surface area contributed by atoms with Crippen molar-refractivity contribution in [1.29, 1.82) is 0 Å². The Morgan fingerprint density at radius 2 is 1.52 bits per heavy atom. The normalized spacial score (nSPS) is 17.0. The predicted octanol–water partition coefficient (Wildman–Crippen LogP) is 2.71. The SMILES string of the molecule is Cc1ccccc1CN1CCN(Cc2ccccn2)CC1. The zero-order valence-corrected chi connectivity index (χ0v) is 12.7. The molecule has 1 aliphatic heterocycles. The van der Waals surface area contributed by atoms with E-state index < -0.39 is 0 Å². The maximum Gasteiger partial charge on any atom is 0.0543 e. The molecule has 2 heterocycles. The number of piperazine rings is 1. The van der Waals surface area contributed by atoms with Gasteiger partial charge in [-0.15, -0.1) is 0 Å². The summed E-state index contributed by atoms with van der Waals surface area (Å²) in [5.74, 6) is 0. The fourth-order valence-electron chi connectivity index (χ4n) is 2.85. The number of benzene rings is 1. The summed E-state index contributed by atoms with van der Waals surface area (Å²) in [5, 5.41) is 0. The summed E-state index contributed by atoms with van der Waals surface area (Å²) in [7, 11) is 0. The maximum atomic E-state index is 4.42. The zero-order valence-electron chi connectivity index (χ0n) is 12.7. The third kappa shape index (κ3) is 3.90. The molecule has 1 aromatic heterocycles. The molecule has 21 heavy (non-hydrogen) atoms. The minimum Gasteiger partial charge on any atom is -0.297 e. The van der Waals surface area contributed by atoms with E-state index in [9.17, 15) is 0 Å². The van der Waals surface area contributed by atoms with Crippen LogP contribution in [0, 0.1) is 6.92 Å². The van der Waals surface area contributed by atoms with Gasteiger partial charge in [0, 0.05) is 45.5 Å². The molecule has 0 radical (unpaired) electrons. The van der Waals surface area contributed by atoms with Gasteiger partial charge in [-0.25, -0.2) is 0 Å². The van der Waals surface area contributed by atoms with Gasteiger partial charge in [-0.1, -0.05) is 30.3 Å². The highest BCUT2D eigenvalue weighted by molar-refractivity contribution is 5.25. The van der Waals surface area contributed by atoms with Gasteiger partial charge >= 0.3 is 0 Å². The number of rotatable bonds is 4. The van der Waals surface area contributed by atoms with E-state index in [2.05, 4.69) is 58.1 Å². The average molecular weight is 281 g/mol. The maximum absolute atomic E-state index is 4.42. The Hall–Kier alpha value is -1.71. The number of nitrogens with zero attached hydrogens (tertiary/aromatic N) is 3. The Kier molecular flexibility index (Phi) is 4.63. The number of pyridine rings is 1. The first-order valence-corrected chi connectivity index (χ1v) is 7.70. The van der Waals surface area contributed by atoms with Crippen LogP contribution in [-0.2, 0) is 13.1 Å². The quantitative estimate of drug-likeness (QED) is 0.859. The van der Waals surface area contributed by atoms with Gasteiger partial charge in [0.15, 0.2) is 0 Å². The second-order valence-electron chi connectivity index (χ2n) is 5.80. The molecule has 3 heteroatoms. The molecule has 0 saturated carbocycles. The van der Waals surface area contributed by atoms with Crippen LogP contribution in [-0.4, -0.2) is 41.0 Å². The van der Waals surface area contributed by atoms with Crippen molar-refractivity contribution in [3.63, 3.8) is 0 Å². The van der Waals surface area contributed by atoms with E-state index in [1.54, 1.807) is 0 Å². The molecule has 3 rings (SSSR count). The molecule has 0 spiro atoms. The van der Waals surface area contributed by atoms with Crippen LogP contribution in [0.1, 0.15) is 16.8 Å².